The first-order valence-corrected chi connectivity index (χ1v) is 6.18. The molecule has 0 fully saturated rings. The molecule has 0 bridgehead atoms. The van der Waals surface area contributed by atoms with Gasteiger partial charge in [-0.3, -0.25) is 0 Å². The van der Waals surface area contributed by atoms with Crippen LogP contribution in [0.1, 0.15) is 32.0 Å². The predicted molar refractivity (Wildman–Crippen MR) is 74.9 cm³/mol. The Balaban J connectivity index is 2.37. The average Bonchev–Trinajstić information content (AvgIpc) is 2.70. The second kappa shape index (κ2) is 4.48. The van der Waals surface area contributed by atoms with E-state index in [4.69, 9.17) is 4.42 Å². The van der Waals surface area contributed by atoms with Crippen molar-refractivity contribution in [2.75, 3.05) is 12.4 Å². The van der Waals surface area contributed by atoms with Crippen LogP contribution < -0.4 is 5.32 Å². The molecular formula is C15H20N2O. The molecule has 2 rings (SSSR count). The Morgan fingerprint density at radius 2 is 1.72 bits per heavy atom. The molecule has 96 valence electrons. The van der Waals surface area contributed by atoms with E-state index in [2.05, 4.69) is 55.3 Å². The van der Waals surface area contributed by atoms with Gasteiger partial charge in [0, 0.05) is 12.6 Å². The molecule has 3 heteroatoms. The van der Waals surface area contributed by atoms with Crippen molar-refractivity contribution in [3.05, 3.63) is 35.5 Å². The highest BCUT2D eigenvalue weighted by atomic mass is 16.4. The molecule has 0 unspecified atom stereocenters. The van der Waals surface area contributed by atoms with Crippen molar-refractivity contribution in [2.24, 2.45) is 0 Å². The van der Waals surface area contributed by atoms with E-state index >= 15 is 0 Å². The summed E-state index contributed by atoms with van der Waals surface area (Å²) >= 11 is 0. The van der Waals surface area contributed by atoms with Crippen molar-refractivity contribution in [1.29, 1.82) is 0 Å². The molecular weight excluding hydrogens is 224 g/mol. The molecule has 3 nitrogen and oxygen atoms in total. The van der Waals surface area contributed by atoms with E-state index in [1.54, 1.807) is 7.05 Å². The summed E-state index contributed by atoms with van der Waals surface area (Å²) in [5.41, 5.74) is 3.46. The minimum absolute atomic E-state index is 0.172. The van der Waals surface area contributed by atoms with Crippen LogP contribution in [0, 0.1) is 6.92 Å². The van der Waals surface area contributed by atoms with Crippen LogP contribution in [0.15, 0.2) is 28.7 Å². The second-order valence-corrected chi connectivity index (χ2v) is 5.51. The Labute approximate surface area is 108 Å². The predicted octanol–water partition coefficient (Wildman–Crippen LogP) is 3.99. The van der Waals surface area contributed by atoms with Crippen LogP contribution >= 0.6 is 0 Å². The zero-order chi connectivity index (χ0) is 13.3. The molecule has 0 radical (unpaired) electrons. The van der Waals surface area contributed by atoms with Crippen LogP contribution in [0.4, 0.5) is 6.01 Å². The first-order chi connectivity index (χ1) is 8.41. The Morgan fingerprint density at radius 1 is 1.11 bits per heavy atom. The maximum atomic E-state index is 5.65. The maximum absolute atomic E-state index is 5.65. The molecule has 0 aliphatic rings. The Morgan fingerprint density at radius 3 is 2.17 bits per heavy atom. The highest BCUT2D eigenvalue weighted by Gasteiger charge is 2.15. The van der Waals surface area contributed by atoms with Crippen LogP contribution in [0.5, 0.6) is 0 Å². The maximum Gasteiger partial charge on any atom is 0.295 e. The van der Waals surface area contributed by atoms with Gasteiger partial charge in [-0.05, 0) is 17.9 Å². The highest BCUT2D eigenvalue weighted by molar-refractivity contribution is 5.61. The lowest BCUT2D eigenvalue weighted by Crippen LogP contribution is -2.10. The summed E-state index contributed by atoms with van der Waals surface area (Å²) in [7, 11) is 1.80. The molecule has 2 aromatic rings. The van der Waals surface area contributed by atoms with Crippen molar-refractivity contribution in [3.63, 3.8) is 0 Å². The number of benzene rings is 1. The molecule has 1 heterocycles. The van der Waals surface area contributed by atoms with E-state index in [0.717, 1.165) is 17.0 Å². The number of nitrogens with one attached hydrogen (secondary N) is 1. The van der Waals surface area contributed by atoms with E-state index < -0.39 is 0 Å². The van der Waals surface area contributed by atoms with Crippen molar-refractivity contribution >= 4 is 6.01 Å². The SMILES string of the molecule is CNc1nc(C)c(-c2ccc(C(C)(C)C)cc2)o1. The van der Waals surface area contributed by atoms with E-state index in [1.807, 2.05) is 6.92 Å². The van der Waals surface area contributed by atoms with Gasteiger partial charge < -0.3 is 9.73 Å². The van der Waals surface area contributed by atoms with Crippen LogP contribution in [0.2, 0.25) is 0 Å². The number of rotatable bonds is 2. The normalized spacial score (nSPS) is 11.6. The fourth-order valence-corrected chi connectivity index (χ4v) is 1.89. The molecule has 0 aliphatic heterocycles. The Bertz CT molecular complexity index is 533. The average molecular weight is 244 g/mol. The number of anilines is 1. The van der Waals surface area contributed by atoms with Gasteiger partial charge in [-0.2, -0.15) is 4.98 Å². The van der Waals surface area contributed by atoms with Crippen LogP contribution in [-0.4, -0.2) is 12.0 Å². The quantitative estimate of drug-likeness (QED) is 0.868. The molecule has 0 aliphatic carbocycles. The number of hydrogen-bond donors (Lipinski definition) is 1. The second-order valence-electron chi connectivity index (χ2n) is 5.51. The van der Waals surface area contributed by atoms with Gasteiger partial charge in [0.1, 0.15) is 0 Å². The van der Waals surface area contributed by atoms with E-state index in [1.165, 1.54) is 5.56 Å². The zero-order valence-electron chi connectivity index (χ0n) is 11.7. The fraction of sp³-hybridized carbons (Fsp3) is 0.400. The highest BCUT2D eigenvalue weighted by Crippen LogP contribution is 2.29. The first kappa shape index (κ1) is 12.7. The van der Waals surface area contributed by atoms with Gasteiger partial charge in [0.25, 0.3) is 6.01 Å². The summed E-state index contributed by atoms with van der Waals surface area (Å²) in [6, 6.07) is 9.04. The summed E-state index contributed by atoms with van der Waals surface area (Å²) in [6.45, 7) is 8.58. The molecule has 0 saturated carbocycles. The number of aryl methyl sites for hydroxylation is 1. The minimum Gasteiger partial charge on any atom is -0.423 e. The third-order valence-electron chi connectivity index (χ3n) is 3.02. The molecule has 0 atom stereocenters. The minimum atomic E-state index is 0.172. The monoisotopic (exact) mass is 244 g/mol. The smallest absolute Gasteiger partial charge is 0.295 e. The third kappa shape index (κ3) is 2.40. The number of nitrogens with zero attached hydrogens (tertiary/aromatic N) is 1. The van der Waals surface area contributed by atoms with Gasteiger partial charge in [0.2, 0.25) is 0 Å². The van der Waals surface area contributed by atoms with E-state index in [-0.39, 0.29) is 5.41 Å². The van der Waals surface area contributed by atoms with Crippen molar-refractivity contribution in [1.82, 2.24) is 4.98 Å². The largest absolute Gasteiger partial charge is 0.423 e. The number of oxazole rings is 1. The van der Waals surface area contributed by atoms with E-state index in [9.17, 15) is 0 Å². The lowest BCUT2D eigenvalue weighted by molar-refractivity contribution is 0.585. The topological polar surface area (TPSA) is 38.1 Å². The van der Waals surface area contributed by atoms with Gasteiger partial charge in [0.05, 0.1) is 5.69 Å². The molecule has 18 heavy (non-hydrogen) atoms. The van der Waals surface area contributed by atoms with Crippen molar-refractivity contribution in [2.45, 2.75) is 33.1 Å². The summed E-state index contributed by atoms with van der Waals surface area (Å²) in [5.74, 6) is 0.833. The molecule has 1 aromatic carbocycles. The fourth-order valence-electron chi connectivity index (χ4n) is 1.89. The zero-order valence-corrected chi connectivity index (χ0v) is 11.7. The van der Waals surface area contributed by atoms with Crippen LogP contribution in [0.25, 0.3) is 11.3 Å². The third-order valence-corrected chi connectivity index (χ3v) is 3.02. The summed E-state index contributed by atoms with van der Waals surface area (Å²) in [6.07, 6.45) is 0. The van der Waals surface area contributed by atoms with Gasteiger partial charge >= 0.3 is 0 Å². The summed E-state index contributed by atoms with van der Waals surface area (Å²) < 4.78 is 5.65. The number of aromatic nitrogens is 1. The summed E-state index contributed by atoms with van der Waals surface area (Å²) in [4.78, 5) is 4.30. The summed E-state index contributed by atoms with van der Waals surface area (Å²) in [5, 5.41) is 2.92. The Hall–Kier alpha value is -1.77. The number of hydrogen-bond acceptors (Lipinski definition) is 3. The van der Waals surface area contributed by atoms with E-state index in [0.29, 0.717) is 6.01 Å². The van der Waals surface area contributed by atoms with Crippen LogP contribution in [-0.2, 0) is 5.41 Å². The van der Waals surface area contributed by atoms with Gasteiger partial charge in [-0.1, -0.05) is 45.0 Å². The molecule has 0 amide bonds. The van der Waals surface area contributed by atoms with Gasteiger partial charge in [-0.15, -0.1) is 0 Å². The van der Waals surface area contributed by atoms with Crippen molar-refractivity contribution in [3.8, 4) is 11.3 Å². The molecule has 1 N–H and O–H groups in total. The standard InChI is InChI=1S/C15H20N2O/c1-10-13(18-14(16-5)17-10)11-6-8-12(9-7-11)15(2,3)4/h6-9H,1-5H3,(H,16,17). The van der Waals surface area contributed by atoms with Crippen molar-refractivity contribution < 1.29 is 4.42 Å². The molecule has 0 spiro atoms. The Kier molecular flexibility index (Phi) is 3.16. The first-order valence-electron chi connectivity index (χ1n) is 6.18. The lowest BCUT2D eigenvalue weighted by Gasteiger charge is -2.18. The van der Waals surface area contributed by atoms with Gasteiger partial charge in [-0.25, -0.2) is 0 Å². The van der Waals surface area contributed by atoms with Gasteiger partial charge in [0.15, 0.2) is 5.76 Å². The lowest BCUT2D eigenvalue weighted by atomic mass is 9.86. The molecule has 0 saturated heterocycles. The van der Waals surface area contributed by atoms with Crippen LogP contribution in [0.3, 0.4) is 0 Å². The molecule has 1 aromatic heterocycles.